The molecule has 0 atom stereocenters. The number of halogens is 2. The molecule has 0 bridgehead atoms. The van der Waals surface area contributed by atoms with E-state index in [0.717, 1.165) is 11.5 Å². The average Bonchev–Trinajstić information content (AvgIpc) is 2.17. The molecule has 0 aromatic carbocycles. The van der Waals surface area contributed by atoms with E-state index in [4.69, 9.17) is 0 Å². The molecule has 0 aromatic heterocycles. The second-order valence-electron chi connectivity index (χ2n) is 2.65. The van der Waals surface area contributed by atoms with Crippen molar-refractivity contribution in [3.05, 3.63) is 21.3 Å². The molecule has 0 N–H and O–H groups in total. The van der Waals surface area contributed by atoms with Crippen molar-refractivity contribution in [2.24, 2.45) is 11.3 Å². The Morgan fingerprint density at radius 1 is 1.23 bits per heavy atom. The Labute approximate surface area is 97.1 Å². The molecule has 2 aliphatic heterocycles. The highest BCUT2D eigenvalue weighted by Gasteiger charge is 2.16. The molecule has 0 saturated carbocycles. The summed E-state index contributed by atoms with van der Waals surface area (Å²) in [5.74, 6) is 0.898. The van der Waals surface area contributed by atoms with E-state index in [9.17, 15) is 0 Å². The lowest BCUT2D eigenvalue weighted by molar-refractivity contribution is 0.521. The Hall–Kier alpha value is 0.01000. The number of rotatable bonds is 1. The molecule has 4 nitrogen and oxygen atoms in total. The summed E-state index contributed by atoms with van der Waals surface area (Å²) in [7, 11) is 4.06. The lowest BCUT2D eigenvalue weighted by Gasteiger charge is -2.19. The Morgan fingerprint density at radius 3 is 2.77 bits per heavy atom. The van der Waals surface area contributed by atoms with Gasteiger partial charge in [-0.2, -0.15) is 6.29 Å². The van der Waals surface area contributed by atoms with Gasteiger partial charge in [-0.05, 0) is 0 Å². The molecule has 0 radical (unpaired) electrons. The highest BCUT2D eigenvalue weighted by molar-refractivity contribution is 14.2. The van der Waals surface area contributed by atoms with Gasteiger partial charge in [-0.1, -0.05) is 0 Å². The lowest BCUT2D eigenvalue weighted by atomic mass is 10.3. The van der Waals surface area contributed by atoms with Crippen LogP contribution >= 0.6 is 42.1 Å². The third kappa shape index (κ3) is 1.92. The van der Waals surface area contributed by atoms with E-state index in [1.165, 1.54) is 5.70 Å². The zero-order valence-corrected chi connectivity index (χ0v) is 11.5. The largest absolute Gasteiger partial charge is 0.375 e. The van der Waals surface area contributed by atoms with Gasteiger partial charge in [-0.25, -0.2) is 4.99 Å². The minimum atomic E-state index is -0.217. The van der Waals surface area contributed by atoms with Crippen molar-refractivity contribution in [1.29, 1.82) is 0 Å². The van der Waals surface area contributed by atoms with Crippen molar-refractivity contribution in [1.82, 2.24) is 4.90 Å². The molecule has 2 aliphatic rings. The third-order valence-corrected chi connectivity index (χ3v) is 4.43. The summed E-state index contributed by atoms with van der Waals surface area (Å²) < 4.78 is 13.0. The zero-order chi connectivity index (χ0) is 9.26. The SMILES string of the molecule is CN(C)C1=CI=NC2=C1N=CI=N2. The molecule has 6 heteroatoms. The van der Waals surface area contributed by atoms with E-state index in [2.05, 4.69) is 20.3 Å². The fraction of sp³-hybridized carbons (Fsp3) is 0.286. The molecule has 2 heterocycles. The van der Waals surface area contributed by atoms with E-state index in [0.29, 0.717) is 0 Å². The van der Waals surface area contributed by atoms with Crippen LogP contribution in [0.1, 0.15) is 0 Å². The second-order valence-corrected chi connectivity index (χ2v) is 5.91. The fourth-order valence-electron chi connectivity index (χ4n) is 0.949. The number of hydrogen-bond acceptors (Lipinski definition) is 4. The van der Waals surface area contributed by atoms with Gasteiger partial charge in [0, 0.05) is 60.2 Å². The van der Waals surface area contributed by atoms with Crippen LogP contribution < -0.4 is 0 Å². The fourth-order valence-corrected chi connectivity index (χ4v) is 4.35. The normalized spacial score (nSPS) is 20.0. The molecule has 0 spiro atoms. The number of aliphatic imine (C=N–C) groups is 1. The van der Waals surface area contributed by atoms with Gasteiger partial charge in [0.25, 0.3) is 0 Å². The molecule has 0 amide bonds. The summed E-state index contributed by atoms with van der Waals surface area (Å²) in [5, 5.41) is 0. The first-order valence-corrected chi connectivity index (χ1v) is 8.03. The van der Waals surface area contributed by atoms with Crippen molar-refractivity contribution in [3.8, 4) is 0 Å². The Bertz CT molecular complexity index is 376. The molecular formula is C7H8I2N4. The van der Waals surface area contributed by atoms with Gasteiger partial charge >= 0.3 is 0 Å². The summed E-state index contributed by atoms with van der Waals surface area (Å²) in [5.41, 5.74) is 2.14. The van der Waals surface area contributed by atoms with Crippen LogP contribution in [-0.2, 0) is 0 Å². The van der Waals surface area contributed by atoms with Crippen LogP contribution in [0.2, 0.25) is 0 Å². The van der Waals surface area contributed by atoms with Crippen LogP contribution in [0.4, 0.5) is 0 Å². The van der Waals surface area contributed by atoms with Crippen molar-refractivity contribution in [3.63, 3.8) is 0 Å². The van der Waals surface area contributed by atoms with E-state index >= 15 is 0 Å². The van der Waals surface area contributed by atoms with Crippen LogP contribution in [0, 0.1) is 0 Å². The van der Waals surface area contributed by atoms with Crippen LogP contribution in [-0.4, -0.2) is 23.2 Å². The predicted molar refractivity (Wildman–Crippen MR) is 70.2 cm³/mol. The number of nitrogens with zero attached hydrogens (tertiary/aromatic N) is 4. The van der Waals surface area contributed by atoms with Gasteiger partial charge in [0.15, 0.2) is 5.82 Å². The number of likely N-dealkylation sites (N-methyl/N-ethyl adjacent to an activating group) is 1. The van der Waals surface area contributed by atoms with Gasteiger partial charge in [0.05, 0.1) is 9.92 Å². The first-order chi connectivity index (χ1) is 6.29. The van der Waals surface area contributed by atoms with E-state index in [1.54, 1.807) is 0 Å². The van der Waals surface area contributed by atoms with Gasteiger partial charge in [0.1, 0.15) is 5.70 Å². The van der Waals surface area contributed by atoms with Gasteiger partial charge in [-0.15, -0.1) is 0 Å². The number of hydrogen-bond donors (Lipinski definition) is 0. The van der Waals surface area contributed by atoms with Crippen molar-refractivity contribution >= 4 is 46.3 Å². The molecular weight excluding hydrogens is 394 g/mol. The molecule has 0 saturated heterocycles. The highest BCUT2D eigenvalue weighted by atomic mass is 127. The Balaban J connectivity index is 2.48. The van der Waals surface area contributed by atoms with Crippen molar-refractivity contribution in [2.45, 2.75) is 0 Å². The Kier molecular flexibility index (Phi) is 2.96. The molecule has 0 aromatic rings. The van der Waals surface area contributed by atoms with Gasteiger partial charge < -0.3 is 4.90 Å². The second kappa shape index (κ2) is 4.03. The summed E-state index contributed by atoms with van der Waals surface area (Å²) in [6.45, 7) is 0. The van der Waals surface area contributed by atoms with E-state index in [-0.39, 0.29) is 42.1 Å². The minimum Gasteiger partial charge on any atom is -0.375 e. The van der Waals surface area contributed by atoms with Gasteiger partial charge in [-0.3, -0.25) is 0 Å². The molecule has 0 aliphatic carbocycles. The zero-order valence-electron chi connectivity index (χ0n) is 7.20. The monoisotopic (exact) mass is 402 g/mol. The summed E-state index contributed by atoms with van der Waals surface area (Å²) in [6.07, 6.45) is 0. The minimum absolute atomic E-state index is 0.192. The summed E-state index contributed by atoms with van der Waals surface area (Å²) in [6, 6.07) is 0. The summed E-state index contributed by atoms with van der Waals surface area (Å²) in [4.78, 5) is 6.46. The maximum absolute atomic E-state index is 4.42. The smallest absolute Gasteiger partial charge is 0.191 e. The first-order valence-electron chi connectivity index (χ1n) is 3.61. The molecule has 70 valence electrons. The highest BCUT2D eigenvalue weighted by Crippen LogP contribution is 2.33. The maximum atomic E-state index is 4.42. The van der Waals surface area contributed by atoms with E-state index in [1.807, 2.05) is 18.3 Å². The van der Waals surface area contributed by atoms with Crippen LogP contribution in [0.25, 0.3) is 0 Å². The van der Waals surface area contributed by atoms with Crippen molar-refractivity contribution < 1.29 is 0 Å². The molecule has 13 heavy (non-hydrogen) atoms. The Morgan fingerprint density at radius 2 is 2.00 bits per heavy atom. The van der Waals surface area contributed by atoms with Crippen molar-refractivity contribution in [2.75, 3.05) is 14.1 Å². The van der Waals surface area contributed by atoms with Crippen LogP contribution in [0.3, 0.4) is 0 Å². The van der Waals surface area contributed by atoms with E-state index < -0.39 is 0 Å². The maximum Gasteiger partial charge on any atom is 0.191 e. The molecule has 2 rings (SSSR count). The predicted octanol–water partition coefficient (Wildman–Crippen LogP) is 2.92. The third-order valence-electron chi connectivity index (χ3n) is 1.57. The topological polar surface area (TPSA) is 40.3 Å². The van der Waals surface area contributed by atoms with Crippen LogP contribution in [0.5, 0.6) is 0 Å². The average molecular weight is 402 g/mol. The lowest BCUT2D eigenvalue weighted by Crippen LogP contribution is -2.13. The molecule has 0 unspecified atom stereocenters. The van der Waals surface area contributed by atoms with Crippen LogP contribution in [0.15, 0.2) is 32.6 Å². The first kappa shape index (κ1) is 9.56. The molecule has 0 fully saturated rings. The standard InChI is InChI=1S/C7H8I2N4/c1-13(2)5-3-8-11-7-6(5)10-4-9-12-7/h3-4H,1-2H3. The quantitative estimate of drug-likeness (QED) is 0.623. The van der Waals surface area contributed by atoms with Gasteiger partial charge in [0.2, 0.25) is 0 Å². The summed E-state index contributed by atoms with van der Waals surface area (Å²) >= 11 is -0.409.